The monoisotopic (exact) mass is 426 g/mol. The van der Waals surface area contributed by atoms with E-state index in [-0.39, 0.29) is 11.5 Å². The largest absolute Gasteiger partial charge is 0.421 e. The van der Waals surface area contributed by atoms with Crippen molar-refractivity contribution in [3.63, 3.8) is 0 Å². The van der Waals surface area contributed by atoms with Gasteiger partial charge in [-0.1, -0.05) is 34.1 Å². The molecule has 0 aliphatic carbocycles. The molecule has 3 aromatic rings. The first kappa shape index (κ1) is 18.3. The lowest BCUT2D eigenvalue weighted by atomic mass is 10.1. The van der Waals surface area contributed by atoms with Crippen molar-refractivity contribution in [3.8, 4) is 0 Å². The van der Waals surface area contributed by atoms with Crippen LogP contribution in [0.4, 0.5) is 17.6 Å². The van der Waals surface area contributed by atoms with E-state index in [4.69, 9.17) is 4.42 Å². The van der Waals surface area contributed by atoms with Crippen LogP contribution in [0.3, 0.4) is 0 Å². The maximum atomic E-state index is 13.1. The fourth-order valence-corrected chi connectivity index (χ4v) is 2.75. The van der Waals surface area contributed by atoms with Crippen LogP contribution in [-0.4, -0.2) is 10.2 Å². The van der Waals surface area contributed by atoms with Crippen molar-refractivity contribution in [1.29, 1.82) is 0 Å². The van der Waals surface area contributed by atoms with Crippen molar-refractivity contribution < 1.29 is 22.0 Å². The maximum absolute atomic E-state index is 13.1. The first-order chi connectivity index (χ1) is 12.3. The van der Waals surface area contributed by atoms with Gasteiger partial charge in [-0.05, 0) is 41.5 Å². The second-order valence-corrected chi connectivity index (χ2v) is 6.32. The summed E-state index contributed by atoms with van der Waals surface area (Å²) in [6.07, 6.45) is -1.84. The van der Waals surface area contributed by atoms with Crippen molar-refractivity contribution in [2.75, 3.05) is 0 Å². The first-order valence-corrected chi connectivity index (χ1v) is 8.22. The number of hydrogen-bond acceptors (Lipinski definition) is 3. The Kier molecular flexibility index (Phi) is 5.22. The first-order valence-electron chi connectivity index (χ1n) is 7.43. The normalized spacial score (nSPS) is 12.0. The molecule has 0 saturated heterocycles. The van der Waals surface area contributed by atoms with E-state index in [2.05, 4.69) is 26.1 Å². The Balaban J connectivity index is 1.79. The minimum atomic E-state index is -4.66. The fourth-order valence-electron chi connectivity index (χ4n) is 2.31. The van der Waals surface area contributed by atoms with E-state index in [1.807, 2.05) is 24.3 Å². The standard InChI is InChI=1S/C18H11BrF4N2O/c19-13-3-1-2-11(8-13)9-17-25-24-16(26-17)7-5-12-4-6-14(20)10-15(12)18(21,22)23/h1-8,10H,9H2. The van der Waals surface area contributed by atoms with Gasteiger partial charge in [-0.2, -0.15) is 13.2 Å². The quantitative estimate of drug-likeness (QED) is 0.498. The smallest absolute Gasteiger partial charge is 0.417 e. The highest BCUT2D eigenvalue weighted by Gasteiger charge is 2.33. The summed E-state index contributed by atoms with van der Waals surface area (Å²) in [6, 6.07) is 9.99. The predicted octanol–water partition coefficient (Wildman–Crippen LogP) is 5.75. The Bertz CT molecular complexity index is 950. The van der Waals surface area contributed by atoms with Gasteiger partial charge in [0.2, 0.25) is 11.8 Å². The van der Waals surface area contributed by atoms with Gasteiger partial charge in [-0.25, -0.2) is 4.39 Å². The lowest BCUT2D eigenvalue weighted by Gasteiger charge is -2.09. The molecule has 0 aliphatic rings. The van der Waals surface area contributed by atoms with Crippen LogP contribution < -0.4 is 0 Å². The van der Waals surface area contributed by atoms with Crippen LogP contribution in [0, 0.1) is 5.82 Å². The molecule has 0 atom stereocenters. The zero-order valence-electron chi connectivity index (χ0n) is 13.1. The highest BCUT2D eigenvalue weighted by molar-refractivity contribution is 9.10. The van der Waals surface area contributed by atoms with Gasteiger partial charge in [-0.3, -0.25) is 0 Å². The summed E-state index contributed by atoms with van der Waals surface area (Å²) < 4.78 is 58.4. The zero-order valence-corrected chi connectivity index (χ0v) is 14.7. The second-order valence-electron chi connectivity index (χ2n) is 5.40. The topological polar surface area (TPSA) is 38.9 Å². The third-order valence-electron chi connectivity index (χ3n) is 3.45. The lowest BCUT2D eigenvalue weighted by molar-refractivity contribution is -0.137. The summed E-state index contributed by atoms with van der Waals surface area (Å²) in [5.74, 6) is -0.561. The van der Waals surface area contributed by atoms with E-state index in [1.165, 1.54) is 12.2 Å². The van der Waals surface area contributed by atoms with Gasteiger partial charge in [0.05, 0.1) is 12.0 Å². The van der Waals surface area contributed by atoms with Gasteiger partial charge in [-0.15, -0.1) is 10.2 Å². The molecule has 1 heterocycles. The Labute approximate surface area is 154 Å². The number of halogens is 5. The fraction of sp³-hybridized carbons (Fsp3) is 0.111. The molecule has 0 saturated carbocycles. The molecule has 0 aliphatic heterocycles. The molecule has 0 amide bonds. The zero-order chi connectivity index (χ0) is 18.7. The molecule has 0 radical (unpaired) electrons. The van der Waals surface area contributed by atoms with Crippen molar-refractivity contribution >= 4 is 28.1 Å². The van der Waals surface area contributed by atoms with Gasteiger partial charge in [0.15, 0.2) is 0 Å². The maximum Gasteiger partial charge on any atom is 0.417 e. The van der Waals surface area contributed by atoms with Crippen molar-refractivity contribution in [1.82, 2.24) is 10.2 Å². The number of hydrogen-bond donors (Lipinski definition) is 0. The van der Waals surface area contributed by atoms with E-state index in [0.717, 1.165) is 22.2 Å². The van der Waals surface area contributed by atoms with Crippen molar-refractivity contribution in [2.45, 2.75) is 12.6 Å². The molecule has 0 unspecified atom stereocenters. The average molecular weight is 427 g/mol. The van der Waals surface area contributed by atoms with E-state index in [0.29, 0.717) is 18.4 Å². The SMILES string of the molecule is Fc1ccc(C=Cc2nnc(Cc3cccc(Br)c3)o2)c(C(F)(F)F)c1. The molecule has 26 heavy (non-hydrogen) atoms. The number of rotatable bonds is 4. The van der Waals surface area contributed by atoms with Crippen molar-refractivity contribution in [2.24, 2.45) is 0 Å². The summed E-state index contributed by atoms with van der Waals surface area (Å²) in [5, 5.41) is 7.66. The Morgan fingerprint density at radius 1 is 1.04 bits per heavy atom. The number of alkyl halides is 3. The Hall–Kier alpha value is -2.48. The summed E-state index contributed by atoms with van der Waals surface area (Å²) >= 11 is 3.36. The van der Waals surface area contributed by atoms with Crippen LogP contribution in [0.2, 0.25) is 0 Å². The van der Waals surface area contributed by atoms with Gasteiger partial charge in [0.25, 0.3) is 0 Å². The van der Waals surface area contributed by atoms with E-state index in [9.17, 15) is 17.6 Å². The van der Waals surface area contributed by atoms with E-state index < -0.39 is 17.6 Å². The molecule has 0 N–H and O–H groups in total. The molecule has 0 fully saturated rings. The number of nitrogens with zero attached hydrogens (tertiary/aromatic N) is 2. The molecular formula is C18H11BrF4N2O. The third kappa shape index (κ3) is 4.57. The van der Waals surface area contributed by atoms with E-state index in [1.54, 1.807) is 0 Å². The summed E-state index contributed by atoms with van der Waals surface area (Å²) in [7, 11) is 0. The van der Waals surface area contributed by atoms with Crippen LogP contribution >= 0.6 is 15.9 Å². The molecule has 3 rings (SSSR count). The molecule has 2 aromatic carbocycles. The number of aromatic nitrogens is 2. The van der Waals surface area contributed by atoms with Crippen LogP contribution in [0.1, 0.15) is 28.5 Å². The van der Waals surface area contributed by atoms with Gasteiger partial charge in [0.1, 0.15) is 5.82 Å². The van der Waals surface area contributed by atoms with Crippen LogP contribution in [0.25, 0.3) is 12.2 Å². The summed E-state index contributed by atoms with van der Waals surface area (Å²) in [6.45, 7) is 0. The van der Waals surface area contributed by atoms with Crippen LogP contribution in [-0.2, 0) is 12.6 Å². The highest BCUT2D eigenvalue weighted by Crippen LogP contribution is 2.33. The van der Waals surface area contributed by atoms with Crippen LogP contribution in [0.5, 0.6) is 0 Å². The summed E-state index contributed by atoms with van der Waals surface area (Å²) in [4.78, 5) is 0. The van der Waals surface area contributed by atoms with Gasteiger partial charge in [0, 0.05) is 10.5 Å². The molecule has 0 spiro atoms. The second kappa shape index (κ2) is 7.41. The highest BCUT2D eigenvalue weighted by atomic mass is 79.9. The minimum Gasteiger partial charge on any atom is -0.421 e. The van der Waals surface area contributed by atoms with Crippen molar-refractivity contribution in [3.05, 3.63) is 81.2 Å². The van der Waals surface area contributed by atoms with Gasteiger partial charge >= 0.3 is 6.18 Å². The molecule has 134 valence electrons. The average Bonchev–Trinajstić information content (AvgIpc) is 3.00. The molecule has 8 heteroatoms. The minimum absolute atomic E-state index is 0.0625. The van der Waals surface area contributed by atoms with Gasteiger partial charge < -0.3 is 4.42 Å². The van der Waals surface area contributed by atoms with E-state index >= 15 is 0 Å². The van der Waals surface area contributed by atoms with Crippen LogP contribution in [0.15, 0.2) is 51.4 Å². The predicted molar refractivity (Wildman–Crippen MR) is 91.6 cm³/mol. The third-order valence-corrected chi connectivity index (χ3v) is 3.95. The Morgan fingerprint density at radius 3 is 2.58 bits per heavy atom. The molecule has 3 nitrogen and oxygen atoms in total. The lowest BCUT2D eigenvalue weighted by Crippen LogP contribution is -2.07. The molecule has 1 aromatic heterocycles. The molecular weight excluding hydrogens is 416 g/mol. The Morgan fingerprint density at radius 2 is 1.85 bits per heavy atom. The number of benzene rings is 2. The molecule has 0 bridgehead atoms. The summed E-state index contributed by atoms with van der Waals surface area (Å²) in [5.41, 5.74) is -0.315.